The Hall–Kier alpha value is -1.07. The number of hydrogen-bond donors (Lipinski definition) is 1. The fourth-order valence-electron chi connectivity index (χ4n) is 1.03. The van der Waals surface area contributed by atoms with Gasteiger partial charge in [0, 0.05) is 0 Å². The molecular formula is C10H14O4S. The van der Waals surface area contributed by atoms with Gasteiger partial charge in [-0.1, -0.05) is 0 Å². The van der Waals surface area contributed by atoms with E-state index in [-0.39, 0.29) is 10.5 Å². The first-order valence-electron chi connectivity index (χ1n) is 4.45. The highest BCUT2D eigenvalue weighted by Crippen LogP contribution is 2.20. The Morgan fingerprint density at radius 2 is 1.60 bits per heavy atom. The Labute approximate surface area is 89.6 Å². The molecule has 0 saturated heterocycles. The summed E-state index contributed by atoms with van der Waals surface area (Å²) in [5.41, 5.74) is -0.334. The van der Waals surface area contributed by atoms with Gasteiger partial charge in [0.05, 0.1) is 4.90 Å². The molecule has 0 aliphatic heterocycles. The summed E-state index contributed by atoms with van der Waals surface area (Å²) in [6.45, 7) is 5.68. The average molecular weight is 230 g/mol. The highest BCUT2D eigenvalue weighted by Gasteiger charge is 2.13. The van der Waals surface area contributed by atoms with Crippen molar-refractivity contribution in [3.63, 3.8) is 0 Å². The molecule has 0 aliphatic carbocycles. The van der Waals surface area contributed by atoms with Crippen LogP contribution >= 0.6 is 0 Å². The molecular weight excluding hydrogens is 216 g/mol. The van der Waals surface area contributed by atoms with Crippen LogP contribution < -0.4 is 4.74 Å². The molecule has 1 N–H and O–H groups in total. The van der Waals surface area contributed by atoms with Crippen molar-refractivity contribution in [2.24, 2.45) is 0 Å². The molecule has 0 amide bonds. The van der Waals surface area contributed by atoms with Crippen LogP contribution in [0.4, 0.5) is 0 Å². The molecule has 0 unspecified atom stereocenters. The molecule has 5 heteroatoms. The average Bonchev–Trinajstić information content (AvgIpc) is 2.00. The van der Waals surface area contributed by atoms with E-state index in [1.807, 2.05) is 20.8 Å². The molecule has 0 aliphatic rings. The van der Waals surface area contributed by atoms with Gasteiger partial charge in [-0.3, -0.25) is 4.55 Å². The van der Waals surface area contributed by atoms with Gasteiger partial charge in [0.15, 0.2) is 0 Å². The summed E-state index contributed by atoms with van der Waals surface area (Å²) in [6, 6.07) is 5.62. The Morgan fingerprint density at radius 1 is 1.13 bits per heavy atom. The zero-order valence-electron chi connectivity index (χ0n) is 8.89. The maximum absolute atomic E-state index is 10.7. The van der Waals surface area contributed by atoms with Crippen LogP contribution in [0.25, 0.3) is 0 Å². The maximum Gasteiger partial charge on any atom is 0.294 e. The SMILES string of the molecule is CC(C)(C)Oc1ccc(S(=O)(=O)O)cc1. The first-order chi connectivity index (χ1) is 6.68. The van der Waals surface area contributed by atoms with Gasteiger partial charge >= 0.3 is 0 Å². The summed E-state index contributed by atoms with van der Waals surface area (Å²) < 4.78 is 35.7. The van der Waals surface area contributed by atoms with E-state index < -0.39 is 10.1 Å². The fourth-order valence-corrected chi connectivity index (χ4v) is 1.51. The zero-order valence-corrected chi connectivity index (χ0v) is 9.71. The van der Waals surface area contributed by atoms with Gasteiger partial charge in [0.2, 0.25) is 0 Å². The first-order valence-corrected chi connectivity index (χ1v) is 5.89. The van der Waals surface area contributed by atoms with Crippen LogP contribution in [0.5, 0.6) is 5.75 Å². The third-order valence-electron chi connectivity index (χ3n) is 1.55. The molecule has 0 aromatic heterocycles. The highest BCUT2D eigenvalue weighted by molar-refractivity contribution is 7.85. The lowest BCUT2D eigenvalue weighted by atomic mass is 10.2. The summed E-state index contributed by atoms with van der Waals surface area (Å²) in [6.07, 6.45) is 0. The third-order valence-corrected chi connectivity index (χ3v) is 2.41. The normalized spacial score (nSPS) is 12.5. The fraction of sp³-hybridized carbons (Fsp3) is 0.400. The zero-order chi connectivity index (χ0) is 11.7. The largest absolute Gasteiger partial charge is 0.488 e. The van der Waals surface area contributed by atoms with Gasteiger partial charge < -0.3 is 4.74 Å². The Bertz CT molecular complexity index is 425. The van der Waals surface area contributed by atoms with E-state index >= 15 is 0 Å². The molecule has 0 saturated carbocycles. The highest BCUT2D eigenvalue weighted by atomic mass is 32.2. The lowest BCUT2D eigenvalue weighted by Gasteiger charge is -2.21. The Balaban J connectivity index is 2.92. The molecule has 84 valence electrons. The van der Waals surface area contributed by atoms with Crippen LogP contribution in [0.3, 0.4) is 0 Å². The minimum absolute atomic E-state index is 0.135. The van der Waals surface area contributed by atoms with Gasteiger partial charge in [-0.2, -0.15) is 8.42 Å². The minimum atomic E-state index is -4.12. The molecule has 0 bridgehead atoms. The van der Waals surface area contributed by atoms with Gasteiger partial charge in [-0.15, -0.1) is 0 Å². The predicted molar refractivity (Wildman–Crippen MR) is 56.6 cm³/mol. The lowest BCUT2D eigenvalue weighted by molar-refractivity contribution is 0.131. The first kappa shape index (κ1) is 12.0. The molecule has 0 spiro atoms. The van der Waals surface area contributed by atoms with E-state index in [1.165, 1.54) is 24.3 Å². The third kappa shape index (κ3) is 3.89. The monoisotopic (exact) mass is 230 g/mol. The second-order valence-corrected chi connectivity index (χ2v) is 5.58. The predicted octanol–water partition coefficient (Wildman–Crippen LogP) is 2.11. The van der Waals surface area contributed by atoms with Crippen molar-refractivity contribution in [2.45, 2.75) is 31.3 Å². The summed E-state index contributed by atoms with van der Waals surface area (Å²) in [4.78, 5) is -0.135. The molecule has 0 fully saturated rings. The molecule has 1 aromatic rings. The van der Waals surface area contributed by atoms with Crippen LogP contribution in [0.1, 0.15) is 20.8 Å². The van der Waals surface area contributed by atoms with Gasteiger partial charge in [-0.05, 0) is 45.0 Å². The topological polar surface area (TPSA) is 63.6 Å². The van der Waals surface area contributed by atoms with Crippen molar-refractivity contribution < 1.29 is 17.7 Å². The van der Waals surface area contributed by atoms with Crippen molar-refractivity contribution in [1.82, 2.24) is 0 Å². The second-order valence-electron chi connectivity index (χ2n) is 4.16. The summed E-state index contributed by atoms with van der Waals surface area (Å²) in [5.74, 6) is 0.565. The molecule has 1 aromatic carbocycles. The molecule has 15 heavy (non-hydrogen) atoms. The molecule has 0 radical (unpaired) electrons. The van der Waals surface area contributed by atoms with Crippen LogP contribution in [0.2, 0.25) is 0 Å². The van der Waals surface area contributed by atoms with Crippen LogP contribution in [-0.4, -0.2) is 18.6 Å². The van der Waals surface area contributed by atoms with Crippen molar-refractivity contribution in [3.05, 3.63) is 24.3 Å². The summed E-state index contributed by atoms with van der Waals surface area (Å²) >= 11 is 0. The minimum Gasteiger partial charge on any atom is -0.488 e. The van der Waals surface area contributed by atoms with E-state index in [0.29, 0.717) is 5.75 Å². The molecule has 1 rings (SSSR count). The van der Waals surface area contributed by atoms with Crippen molar-refractivity contribution >= 4 is 10.1 Å². The van der Waals surface area contributed by atoms with Crippen LogP contribution in [0, 0.1) is 0 Å². The molecule has 0 heterocycles. The Morgan fingerprint density at radius 3 is 1.93 bits per heavy atom. The van der Waals surface area contributed by atoms with Crippen LogP contribution in [0.15, 0.2) is 29.2 Å². The number of rotatable bonds is 2. The van der Waals surface area contributed by atoms with E-state index in [2.05, 4.69) is 0 Å². The number of benzene rings is 1. The van der Waals surface area contributed by atoms with Crippen molar-refractivity contribution in [2.75, 3.05) is 0 Å². The quantitative estimate of drug-likeness (QED) is 0.790. The number of ether oxygens (including phenoxy) is 1. The van der Waals surface area contributed by atoms with Crippen LogP contribution in [-0.2, 0) is 10.1 Å². The van der Waals surface area contributed by atoms with Crippen molar-refractivity contribution in [3.8, 4) is 5.75 Å². The van der Waals surface area contributed by atoms with Crippen molar-refractivity contribution in [1.29, 1.82) is 0 Å². The summed E-state index contributed by atoms with van der Waals surface area (Å²) in [7, 11) is -4.12. The van der Waals surface area contributed by atoms with E-state index in [0.717, 1.165) is 0 Å². The number of hydrogen-bond acceptors (Lipinski definition) is 3. The lowest BCUT2D eigenvalue weighted by Crippen LogP contribution is -2.22. The standard InChI is InChI=1S/C10H14O4S/c1-10(2,3)14-8-4-6-9(7-5-8)15(11,12)13/h4-7H,1-3H3,(H,11,12,13). The summed E-state index contributed by atoms with van der Waals surface area (Å²) in [5, 5.41) is 0. The van der Waals surface area contributed by atoms with E-state index in [9.17, 15) is 8.42 Å². The second kappa shape index (κ2) is 3.83. The van der Waals surface area contributed by atoms with Gasteiger partial charge in [-0.25, -0.2) is 0 Å². The maximum atomic E-state index is 10.7. The van der Waals surface area contributed by atoms with E-state index in [4.69, 9.17) is 9.29 Å². The van der Waals surface area contributed by atoms with Gasteiger partial charge in [0.1, 0.15) is 11.4 Å². The van der Waals surface area contributed by atoms with Gasteiger partial charge in [0.25, 0.3) is 10.1 Å². The Kier molecular flexibility index (Phi) is 3.06. The molecule has 4 nitrogen and oxygen atoms in total. The smallest absolute Gasteiger partial charge is 0.294 e. The van der Waals surface area contributed by atoms with E-state index in [1.54, 1.807) is 0 Å². The molecule has 0 atom stereocenters.